The Balaban J connectivity index is 1.69. The van der Waals surface area contributed by atoms with Crippen LogP contribution in [0.2, 0.25) is 0 Å². The number of fused-ring (bicyclic) bond motifs is 1. The van der Waals surface area contributed by atoms with E-state index in [1.54, 1.807) is 0 Å². The number of nitrogens with zero attached hydrogens (tertiary/aromatic N) is 2. The quantitative estimate of drug-likeness (QED) is 0.836. The minimum atomic E-state index is -0.153. The van der Waals surface area contributed by atoms with Crippen molar-refractivity contribution in [2.75, 3.05) is 6.61 Å². The van der Waals surface area contributed by atoms with Gasteiger partial charge in [0.05, 0.1) is 12.3 Å². The lowest BCUT2D eigenvalue weighted by atomic mass is 9.97. The van der Waals surface area contributed by atoms with E-state index in [-0.39, 0.29) is 12.1 Å². The van der Waals surface area contributed by atoms with Crippen LogP contribution in [-0.4, -0.2) is 32.8 Å². The van der Waals surface area contributed by atoms with Crippen LogP contribution in [-0.2, 0) is 19.4 Å². The monoisotopic (exact) mass is 277 g/mol. The summed E-state index contributed by atoms with van der Waals surface area (Å²) >= 11 is 0. The number of rotatable bonds is 6. The molecule has 112 valence electrons. The summed E-state index contributed by atoms with van der Waals surface area (Å²) in [7, 11) is 0. The van der Waals surface area contributed by atoms with Gasteiger partial charge in [0.25, 0.3) is 0 Å². The van der Waals surface area contributed by atoms with Crippen molar-refractivity contribution < 1.29 is 5.11 Å². The first kappa shape index (κ1) is 14.1. The highest BCUT2D eigenvalue weighted by atomic mass is 16.3. The largest absolute Gasteiger partial charge is 0.394 e. The van der Waals surface area contributed by atoms with Gasteiger partial charge in [0.2, 0.25) is 0 Å². The van der Waals surface area contributed by atoms with Gasteiger partial charge in [0, 0.05) is 23.8 Å². The van der Waals surface area contributed by atoms with E-state index in [1.807, 2.05) is 0 Å². The first-order valence-electron chi connectivity index (χ1n) is 8.05. The van der Waals surface area contributed by atoms with Gasteiger partial charge in [0.1, 0.15) is 5.82 Å². The highest BCUT2D eigenvalue weighted by molar-refractivity contribution is 5.20. The van der Waals surface area contributed by atoms with Crippen LogP contribution in [0.1, 0.15) is 56.2 Å². The van der Waals surface area contributed by atoms with Crippen LogP contribution in [0.25, 0.3) is 0 Å². The number of aryl methyl sites for hydroxylation is 2. The van der Waals surface area contributed by atoms with Gasteiger partial charge in [-0.1, -0.05) is 0 Å². The first-order valence-corrected chi connectivity index (χ1v) is 8.05. The van der Waals surface area contributed by atoms with E-state index in [0.29, 0.717) is 6.04 Å². The molecule has 0 bridgehead atoms. The number of hydrogen-bond acceptors (Lipinski definition) is 3. The molecule has 3 rings (SSSR count). The Kier molecular flexibility index (Phi) is 3.87. The van der Waals surface area contributed by atoms with Crippen LogP contribution < -0.4 is 5.32 Å². The molecule has 0 aromatic carbocycles. The maximum Gasteiger partial charge on any atom is 0.106 e. The van der Waals surface area contributed by atoms with Gasteiger partial charge in [-0.3, -0.25) is 0 Å². The van der Waals surface area contributed by atoms with Crippen LogP contribution in [0.3, 0.4) is 0 Å². The molecule has 0 saturated heterocycles. The van der Waals surface area contributed by atoms with Crippen molar-refractivity contribution in [3.63, 3.8) is 0 Å². The molecule has 1 aromatic rings. The summed E-state index contributed by atoms with van der Waals surface area (Å²) in [5.74, 6) is 1.14. The Morgan fingerprint density at radius 3 is 2.80 bits per heavy atom. The summed E-state index contributed by atoms with van der Waals surface area (Å²) < 4.78 is 2.39. The summed E-state index contributed by atoms with van der Waals surface area (Å²) in [6, 6.07) is 0.630. The van der Waals surface area contributed by atoms with E-state index < -0.39 is 0 Å². The summed E-state index contributed by atoms with van der Waals surface area (Å²) in [5, 5.41) is 13.3. The standard InChI is InChI=1S/C16H27N3O/c1-12-17-14-5-3-4-6-15(14)19(12)10-9-16(2,11-20)18-13-7-8-13/h13,18,20H,3-11H2,1-2H3. The third kappa shape index (κ3) is 2.91. The van der Waals surface area contributed by atoms with Crippen LogP contribution in [0.15, 0.2) is 0 Å². The molecule has 0 aliphatic heterocycles. The van der Waals surface area contributed by atoms with Crippen molar-refractivity contribution in [2.24, 2.45) is 0 Å². The molecule has 0 radical (unpaired) electrons. The Morgan fingerprint density at radius 1 is 1.35 bits per heavy atom. The normalized spacial score (nSPS) is 21.6. The van der Waals surface area contributed by atoms with Crippen molar-refractivity contribution in [3.8, 4) is 0 Å². The molecule has 1 heterocycles. The molecule has 20 heavy (non-hydrogen) atoms. The van der Waals surface area contributed by atoms with Crippen molar-refractivity contribution >= 4 is 0 Å². The molecule has 1 saturated carbocycles. The third-order valence-electron chi connectivity index (χ3n) is 4.79. The van der Waals surface area contributed by atoms with Crippen molar-refractivity contribution in [2.45, 2.75) is 76.9 Å². The van der Waals surface area contributed by atoms with Gasteiger partial charge >= 0.3 is 0 Å². The van der Waals surface area contributed by atoms with E-state index in [9.17, 15) is 5.11 Å². The minimum Gasteiger partial charge on any atom is -0.394 e. The molecule has 0 amide bonds. The highest BCUT2D eigenvalue weighted by Gasteiger charge is 2.32. The SMILES string of the molecule is Cc1nc2c(n1CCC(C)(CO)NC1CC1)CCCC2. The average molecular weight is 277 g/mol. The topological polar surface area (TPSA) is 50.1 Å². The fraction of sp³-hybridized carbons (Fsp3) is 0.812. The molecular formula is C16H27N3O. The predicted molar refractivity (Wildman–Crippen MR) is 79.9 cm³/mol. The Morgan fingerprint density at radius 2 is 2.10 bits per heavy atom. The van der Waals surface area contributed by atoms with Gasteiger partial charge in [-0.2, -0.15) is 0 Å². The lowest BCUT2D eigenvalue weighted by Gasteiger charge is -2.30. The molecule has 2 aliphatic carbocycles. The van der Waals surface area contributed by atoms with E-state index in [2.05, 4.69) is 23.7 Å². The molecule has 1 atom stereocenters. The van der Waals surface area contributed by atoms with Gasteiger partial charge in [-0.15, -0.1) is 0 Å². The van der Waals surface area contributed by atoms with E-state index in [0.717, 1.165) is 25.2 Å². The van der Waals surface area contributed by atoms with E-state index >= 15 is 0 Å². The second-order valence-corrected chi connectivity index (χ2v) is 6.80. The maximum atomic E-state index is 9.71. The fourth-order valence-corrected chi connectivity index (χ4v) is 3.31. The van der Waals surface area contributed by atoms with E-state index in [4.69, 9.17) is 4.98 Å². The van der Waals surface area contributed by atoms with Gasteiger partial charge in [0.15, 0.2) is 0 Å². The second kappa shape index (κ2) is 5.49. The third-order valence-corrected chi connectivity index (χ3v) is 4.79. The lowest BCUT2D eigenvalue weighted by molar-refractivity contribution is 0.158. The molecule has 4 heteroatoms. The smallest absolute Gasteiger partial charge is 0.106 e. The van der Waals surface area contributed by atoms with Crippen molar-refractivity contribution in [3.05, 3.63) is 17.2 Å². The van der Waals surface area contributed by atoms with Crippen LogP contribution in [0.5, 0.6) is 0 Å². The summed E-state index contributed by atoms with van der Waals surface area (Å²) in [6.07, 6.45) is 8.35. The number of hydrogen-bond donors (Lipinski definition) is 2. The number of aromatic nitrogens is 2. The summed E-state index contributed by atoms with van der Waals surface area (Å²) in [5.41, 5.74) is 2.61. The van der Waals surface area contributed by atoms with Crippen LogP contribution in [0.4, 0.5) is 0 Å². The minimum absolute atomic E-state index is 0.153. The Labute approximate surface area is 121 Å². The second-order valence-electron chi connectivity index (χ2n) is 6.80. The highest BCUT2D eigenvalue weighted by Crippen LogP contribution is 2.26. The number of imidazole rings is 1. The zero-order valence-electron chi connectivity index (χ0n) is 12.8. The van der Waals surface area contributed by atoms with Crippen LogP contribution in [0, 0.1) is 6.92 Å². The molecule has 4 nitrogen and oxygen atoms in total. The molecule has 1 fully saturated rings. The fourth-order valence-electron chi connectivity index (χ4n) is 3.31. The average Bonchev–Trinajstić information content (AvgIpc) is 3.18. The van der Waals surface area contributed by atoms with Crippen LogP contribution >= 0.6 is 0 Å². The molecule has 2 aliphatic rings. The Bertz CT molecular complexity index is 478. The van der Waals surface area contributed by atoms with E-state index in [1.165, 1.54) is 43.5 Å². The molecule has 1 unspecified atom stereocenters. The maximum absolute atomic E-state index is 9.71. The molecule has 1 aromatic heterocycles. The van der Waals surface area contributed by atoms with Crippen molar-refractivity contribution in [1.29, 1.82) is 0 Å². The number of nitrogens with one attached hydrogen (secondary N) is 1. The number of aliphatic hydroxyl groups is 1. The molecular weight excluding hydrogens is 250 g/mol. The predicted octanol–water partition coefficient (Wildman–Crippen LogP) is 1.96. The van der Waals surface area contributed by atoms with Gasteiger partial charge < -0.3 is 15.0 Å². The van der Waals surface area contributed by atoms with Gasteiger partial charge in [-0.05, 0) is 58.8 Å². The Hall–Kier alpha value is -0.870. The zero-order valence-corrected chi connectivity index (χ0v) is 12.8. The molecule has 0 spiro atoms. The number of aliphatic hydroxyl groups excluding tert-OH is 1. The van der Waals surface area contributed by atoms with Gasteiger partial charge in [-0.25, -0.2) is 4.98 Å². The van der Waals surface area contributed by atoms with Crippen molar-refractivity contribution in [1.82, 2.24) is 14.9 Å². The first-order chi connectivity index (χ1) is 9.61. The lowest BCUT2D eigenvalue weighted by Crippen LogP contribution is -2.47. The summed E-state index contributed by atoms with van der Waals surface area (Å²) in [4.78, 5) is 4.73. The summed E-state index contributed by atoms with van der Waals surface area (Å²) in [6.45, 7) is 5.43. The zero-order chi connectivity index (χ0) is 14.2. The molecule has 2 N–H and O–H groups in total.